The first kappa shape index (κ1) is 7.73. The van der Waals surface area contributed by atoms with Crippen LogP contribution in [0.25, 0.3) is 5.78 Å². The number of hydrogen-bond donors (Lipinski definition) is 1. The number of aryl methyl sites for hydroxylation is 1. The van der Waals surface area contributed by atoms with E-state index in [-0.39, 0.29) is 5.56 Å². The number of hydrogen-bond acceptors (Lipinski definition) is 3. The fourth-order valence-corrected chi connectivity index (χ4v) is 1.55. The second-order valence-electron chi connectivity index (χ2n) is 3.75. The molecule has 1 aliphatic carbocycles. The van der Waals surface area contributed by atoms with Crippen molar-refractivity contribution in [3.8, 4) is 0 Å². The lowest BCUT2D eigenvalue weighted by molar-refractivity contribution is 0.844. The van der Waals surface area contributed by atoms with Gasteiger partial charge in [-0.2, -0.15) is 9.50 Å². The van der Waals surface area contributed by atoms with E-state index in [1.54, 1.807) is 6.92 Å². The number of nitrogens with zero attached hydrogens (tertiary/aromatic N) is 3. The van der Waals surface area contributed by atoms with Gasteiger partial charge in [0.1, 0.15) is 5.82 Å². The van der Waals surface area contributed by atoms with E-state index in [4.69, 9.17) is 0 Å². The number of aromatic amines is 1. The molecule has 0 spiro atoms. The summed E-state index contributed by atoms with van der Waals surface area (Å²) in [5, 5.41) is 2.98. The van der Waals surface area contributed by atoms with Crippen LogP contribution >= 0.6 is 0 Å². The van der Waals surface area contributed by atoms with E-state index < -0.39 is 0 Å². The summed E-state index contributed by atoms with van der Waals surface area (Å²) in [5.41, 5.74) is 0.621. The molecule has 0 aromatic carbocycles. The number of fused-ring (bicyclic) bond motifs is 1. The molecule has 1 fully saturated rings. The maximum absolute atomic E-state index is 11.5. The summed E-state index contributed by atoms with van der Waals surface area (Å²) in [6.07, 6.45) is 2.32. The lowest BCUT2D eigenvalue weighted by Crippen LogP contribution is -2.14. The molecule has 0 aliphatic heterocycles. The van der Waals surface area contributed by atoms with Crippen molar-refractivity contribution in [3.63, 3.8) is 0 Å². The Bertz CT molecular complexity index is 549. The molecule has 14 heavy (non-hydrogen) atoms. The molecule has 3 rings (SSSR count). The highest BCUT2D eigenvalue weighted by atomic mass is 16.1. The second-order valence-corrected chi connectivity index (χ2v) is 3.75. The Hall–Kier alpha value is -1.65. The average Bonchev–Trinajstić information content (AvgIpc) is 2.87. The molecule has 5 nitrogen and oxygen atoms in total. The van der Waals surface area contributed by atoms with Crippen LogP contribution < -0.4 is 5.56 Å². The van der Waals surface area contributed by atoms with E-state index in [0.29, 0.717) is 17.4 Å². The van der Waals surface area contributed by atoms with E-state index in [0.717, 1.165) is 18.7 Å². The summed E-state index contributed by atoms with van der Waals surface area (Å²) < 4.78 is 1.40. The van der Waals surface area contributed by atoms with Gasteiger partial charge in [-0.1, -0.05) is 0 Å². The van der Waals surface area contributed by atoms with Crippen molar-refractivity contribution in [1.29, 1.82) is 0 Å². The normalized spacial score (nSPS) is 16.4. The van der Waals surface area contributed by atoms with E-state index >= 15 is 0 Å². The molecule has 0 saturated heterocycles. The minimum absolute atomic E-state index is 0.0908. The van der Waals surface area contributed by atoms with Gasteiger partial charge < -0.3 is 0 Å². The molecule has 2 aromatic heterocycles. The third-order valence-corrected chi connectivity index (χ3v) is 2.44. The first-order chi connectivity index (χ1) is 6.74. The third-order valence-electron chi connectivity index (χ3n) is 2.44. The van der Waals surface area contributed by atoms with Crippen molar-refractivity contribution in [3.05, 3.63) is 27.9 Å². The Morgan fingerprint density at radius 3 is 3.00 bits per heavy atom. The van der Waals surface area contributed by atoms with Crippen LogP contribution in [0.1, 0.15) is 30.3 Å². The van der Waals surface area contributed by atoms with Crippen molar-refractivity contribution >= 4 is 5.78 Å². The summed E-state index contributed by atoms with van der Waals surface area (Å²) in [6, 6.07) is 1.50. The van der Waals surface area contributed by atoms with Crippen LogP contribution in [0.3, 0.4) is 0 Å². The van der Waals surface area contributed by atoms with Gasteiger partial charge in [0.2, 0.25) is 0 Å². The number of aromatic nitrogens is 4. The number of nitrogens with one attached hydrogen (secondary N) is 1. The maximum atomic E-state index is 11.5. The lowest BCUT2D eigenvalue weighted by Gasteiger charge is -1.90. The second kappa shape index (κ2) is 2.43. The van der Waals surface area contributed by atoms with Gasteiger partial charge >= 0.3 is 0 Å². The van der Waals surface area contributed by atoms with Gasteiger partial charge in [0, 0.05) is 17.7 Å². The molecule has 2 heterocycles. The van der Waals surface area contributed by atoms with Gasteiger partial charge in [-0.3, -0.25) is 9.89 Å². The maximum Gasteiger partial charge on any atom is 0.274 e. The van der Waals surface area contributed by atoms with Crippen molar-refractivity contribution in [1.82, 2.24) is 19.6 Å². The molecule has 0 bridgehead atoms. The fourth-order valence-electron chi connectivity index (χ4n) is 1.55. The van der Waals surface area contributed by atoms with Crippen molar-refractivity contribution in [2.24, 2.45) is 0 Å². The summed E-state index contributed by atoms with van der Waals surface area (Å²) in [6.45, 7) is 1.80. The fraction of sp³-hybridized carbons (Fsp3) is 0.444. The largest absolute Gasteiger partial charge is 0.275 e. The molecular weight excluding hydrogens is 180 g/mol. The minimum atomic E-state index is -0.0908. The molecule has 1 aliphatic rings. The molecule has 0 atom stereocenters. The predicted octanol–water partition coefficient (Wildman–Crippen LogP) is 0.603. The topological polar surface area (TPSA) is 63.0 Å². The van der Waals surface area contributed by atoms with Crippen LogP contribution in [0.15, 0.2) is 10.9 Å². The predicted molar refractivity (Wildman–Crippen MR) is 50.3 cm³/mol. The zero-order valence-electron chi connectivity index (χ0n) is 7.82. The Labute approximate surface area is 79.8 Å². The van der Waals surface area contributed by atoms with E-state index in [2.05, 4.69) is 15.1 Å². The Morgan fingerprint density at radius 1 is 1.50 bits per heavy atom. The quantitative estimate of drug-likeness (QED) is 0.716. The van der Waals surface area contributed by atoms with E-state index in [9.17, 15) is 4.79 Å². The van der Waals surface area contributed by atoms with Gasteiger partial charge in [-0.25, -0.2) is 4.98 Å². The van der Waals surface area contributed by atoms with Gasteiger partial charge in [-0.05, 0) is 19.8 Å². The minimum Gasteiger partial charge on any atom is -0.275 e. The van der Waals surface area contributed by atoms with Crippen LogP contribution in [0.4, 0.5) is 0 Å². The molecule has 2 aromatic rings. The first-order valence-corrected chi connectivity index (χ1v) is 4.70. The monoisotopic (exact) mass is 190 g/mol. The van der Waals surface area contributed by atoms with Gasteiger partial charge in [0.25, 0.3) is 11.3 Å². The lowest BCUT2D eigenvalue weighted by atomic mass is 10.4. The average molecular weight is 190 g/mol. The highest BCUT2D eigenvalue weighted by Crippen LogP contribution is 2.37. The van der Waals surface area contributed by atoms with Crippen molar-refractivity contribution in [2.45, 2.75) is 25.7 Å². The molecule has 0 unspecified atom stereocenters. The molecule has 0 amide bonds. The summed E-state index contributed by atoms with van der Waals surface area (Å²) in [7, 11) is 0. The Kier molecular flexibility index (Phi) is 1.34. The SMILES string of the molecule is Cc1cc(=O)n2[nH]c(C3CC3)nc2n1. The van der Waals surface area contributed by atoms with Gasteiger partial charge in [0.05, 0.1) is 0 Å². The summed E-state index contributed by atoms with van der Waals surface area (Å²) in [4.78, 5) is 20.0. The van der Waals surface area contributed by atoms with E-state index in [1.807, 2.05) is 0 Å². The molecule has 1 saturated carbocycles. The van der Waals surface area contributed by atoms with Crippen LogP contribution in [-0.2, 0) is 0 Å². The number of rotatable bonds is 1. The van der Waals surface area contributed by atoms with Crippen molar-refractivity contribution in [2.75, 3.05) is 0 Å². The molecule has 5 heteroatoms. The zero-order chi connectivity index (χ0) is 9.71. The first-order valence-electron chi connectivity index (χ1n) is 4.70. The standard InChI is InChI=1S/C9H10N4O/c1-5-4-7(14)13-9(10-5)11-8(12-13)6-2-3-6/h4,6H,2-3H2,1H3,(H,10,11,12). The highest BCUT2D eigenvalue weighted by molar-refractivity contribution is 5.29. The van der Waals surface area contributed by atoms with Crippen LogP contribution in [0.2, 0.25) is 0 Å². The Balaban J connectivity index is 2.31. The van der Waals surface area contributed by atoms with Crippen LogP contribution in [0, 0.1) is 6.92 Å². The molecular formula is C9H10N4O. The Morgan fingerprint density at radius 2 is 2.29 bits per heavy atom. The molecule has 1 N–H and O–H groups in total. The number of H-pyrrole nitrogens is 1. The molecule has 0 radical (unpaired) electrons. The summed E-state index contributed by atoms with van der Waals surface area (Å²) in [5.74, 6) is 1.88. The van der Waals surface area contributed by atoms with E-state index in [1.165, 1.54) is 10.6 Å². The zero-order valence-corrected chi connectivity index (χ0v) is 7.82. The van der Waals surface area contributed by atoms with Crippen LogP contribution in [-0.4, -0.2) is 19.6 Å². The smallest absolute Gasteiger partial charge is 0.274 e. The summed E-state index contributed by atoms with van der Waals surface area (Å²) >= 11 is 0. The third kappa shape index (κ3) is 1.05. The van der Waals surface area contributed by atoms with Gasteiger partial charge in [0.15, 0.2) is 0 Å². The van der Waals surface area contributed by atoms with Crippen LogP contribution in [0.5, 0.6) is 0 Å². The van der Waals surface area contributed by atoms with Gasteiger partial charge in [-0.15, -0.1) is 0 Å². The molecule has 72 valence electrons. The highest BCUT2D eigenvalue weighted by Gasteiger charge is 2.27. The van der Waals surface area contributed by atoms with Crippen molar-refractivity contribution < 1.29 is 0 Å².